The van der Waals surface area contributed by atoms with Gasteiger partial charge < -0.3 is 10.2 Å². The molecule has 0 spiro atoms. The van der Waals surface area contributed by atoms with Crippen LogP contribution in [0.5, 0.6) is 0 Å². The number of halogens is 1. The lowest BCUT2D eigenvalue weighted by atomic mass is 10.1. The van der Waals surface area contributed by atoms with Crippen molar-refractivity contribution in [3.63, 3.8) is 0 Å². The summed E-state index contributed by atoms with van der Waals surface area (Å²) in [5.74, 6) is 1.01. The van der Waals surface area contributed by atoms with Crippen LogP contribution < -0.4 is 15.8 Å². The van der Waals surface area contributed by atoms with Crippen molar-refractivity contribution in [1.82, 2.24) is 20.2 Å². The minimum Gasteiger partial charge on any atom is -0.367 e. The van der Waals surface area contributed by atoms with Gasteiger partial charge in [0.2, 0.25) is 5.95 Å². The molecule has 2 aromatic rings. The van der Waals surface area contributed by atoms with Gasteiger partial charge in [-0.3, -0.25) is 4.79 Å². The first-order valence-electron chi connectivity index (χ1n) is 8.04. The molecule has 128 valence electrons. The van der Waals surface area contributed by atoms with E-state index in [0.29, 0.717) is 17.6 Å². The Morgan fingerprint density at radius 3 is 2.96 bits per heavy atom. The van der Waals surface area contributed by atoms with Crippen molar-refractivity contribution in [3.05, 3.63) is 39.0 Å². The van der Waals surface area contributed by atoms with E-state index in [1.165, 1.54) is 0 Å². The highest BCUT2D eigenvalue weighted by atomic mass is 35.5. The largest absolute Gasteiger partial charge is 0.367 e. The molecule has 2 N–H and O–H groups in total. The highest BCUT2D eigenvalue weighted by molar-refractivity contribution is 6.33. The van der Waals surface area contributed by atoms with Gasteiger partial charge in [-0.2, -0.15) is 5.10 Å². The summed E-state index contributed by atoms with van der Waals surface area (Å²) < 4.78 is 0. The zero-order valence-electron chi connectivity index (χ0n) is 14.0. The van der Waals surface area contributed by atoms with Gasteiger partial charge in [-0.25, -0.2) is 15.1 Å². The summed E-state index contributed by atoms with van der Waals surface area (Å²) in [5, 5.41) is 9.75. The van der Waals surface area contributed by atoms with Crippen molar-refractivity contribution in [1.29, 1.82) is 0 Å². The number of aromatic amines is 1. The quantitative estimate of drug-likeness (QED) is 0.881. The van der Waals surface area contributed by atoms with Crippen LogP contribution in [0, 0.1) is 6.92 Å². The zero-order valence-corrected chi connectivity index (χ0v) is 14.8. The van der Waals surface area contributed by atoms with Crippen LogP contribution in [0.4, 0.5) is 11.6 Å². The third kappa shape index (κ3) is 3.51. The molecule has 3 heterocycles. The summed E-state index contributed by atoms with van der Waals surface area (Å²) in [6.07, 6.45) is 2.50. The topological polar surface area (TPSA) is 86.8 Å². The number of aryl methyl sites for hydroxylation is 1. The van der Waals surface area contributed by atoms with E-state index in [9.17, 15) is 4.79 Å². The Labute approximate surface area is 145 Å². The van der Waals surface area contributed by atoms with Crippen LogP contribution >= 0.6 is 11.6 Å². The van der Waals surface area contributed by atoms with Gasteiger partial charge in [-0.1, -0.05) is 25.4 Å². The molecular formula is C16H21ClN6O. The van der Waals surface area contributed by atoms with E-state index < -0.39 is 0 Å². The summed E-state index contributed by atoms with van der Waals surface area (Å²) in [5.41, 5.74) is 2.28. The monoisotopic (exact) mass is 348 g/mol. The number of rotatable bonds is 4. The standard InChI is InChI=1S/C16H21ClN6O/c1-9(2)12-6-10(3)19-16(21-12)20-11-4-5-23(8-11)13-7-18-22-15(24)14(13)17/h6-7,9,11H,4-5,8H2,1-3H3,(H,22,24)(H,19,20,21). The molecule has 8 heteroatoms. The molecule has 0 aromatic carbocycles. The Bertz CT molecular complexity index is 790. The van der Waals surface area contributed by atoms with E-state index in [1.54, 1.807) is 6.20 Å². The maximum Gasteiger partial charge on any atom is 0.285 e. The van der Waals surface area contributed by atoms with Gasteiger partial charge in [0.25, 0.3) is 5.56 Å². The predicted octanol–water partition coefficient (Wildman–Crippen LogP) is 2.34. The number of aromatic nitrogens is 4. The molecule has 1 saturated heterocycles. The Morgan fingerprint density at radius 1 is 1.42 bits per heavy atom. The normalized spacial score (nSPS) is 17.5. The first-order valence-corrected chi connectivity index (χ1v) is 8.42. The fourth-order valence-corrected chi connectivity index (χ4v) is 3.04. The molecule has 1 fully saturated rings. The fourth-order valence-electron chi connectivity index (χ4n) is 2.83. The second-order valence-electron chi connectivity index (χ2n) is 6.39. The van der Waals surface area contributed by atoms with Crippen LogP contribution in [-0.4, -0.2) is 39.3 Å². The smallest absolute Gasteiger partial charge is 0.285 e. The van der Waals surface area contributed by atoms with Crippen LogP contribution in [-0.2, 0) is 0 Å². The molecule has 3 rings (SSSR count). The third-order valence-electron chi connectivity index (χ3n) is 4.10. The molecule has 0 amide bonds. The second kappa shape index (κ2) is 6.76. The summed E-state index contributed by atoms with van der Waals surface area (Å²) >= 11 is 6.09. The molecule has 0 aliphatic carbocycles. The average Bonchev–Trinajstić information content (AvgIpc) is 2.97. The maximum absolute atomic E-state index is 11.6. The fraction of sp³-hybridized carbons (Fsp3) is 0.500. The zero-order chi connectivity index (χ0) is 17.3. The van der Waals surface area contributed by atoms with E-state index in [2.05, 4.69) is 44.2 Å². The minimum atomic E-state index is -0.367. The van der Waals surface area contributed by atoms with Gasteiger partial charge in [0.05, 0.1) is 11.9 Å². The Hall–Kier alpha value is -2.15. The SMILES string of the molecule is Cc1cc(C(C)C)nc(NC2CCN(c3cn[nH]c(=O)c3Cl)C2)n1. The van der Waals surface area contributed by atoms with Crippen LogP contribution in [0.15, 0.2) is 17.1 Å². The van der Waals surface area contributed by atoms with Crippen molar-refractivity contribution in [3.8, 4) is 0 Å². The van der Waals surface area contributed by atoms with Crippen molar-refractivity contribution in [2.75, 3.05) is 23.3 Å². The molecule has 0 saturated carbocycles. The number of H-pyrrole nitrogens is 1. The van der Waals surface area contributed by atoms with E-state index in [-0.39, 0.29) is 16.6 Å². The lowest BCUT2D eigenvalue weighted by Crippen LogP contribution is -2.28. The molecule has 24 heavy (non-hydrogen) atoms. The Morgan fingerprint density at radius 2 is 2.21 bits per heavy atom. The van der Waals surface area contributed by atoms with E-state index in [4.69, 9.17) is 11.6 Å². The third-order valence-corrected chi connectivity index (χ3v) is 4.47. The molecule has 7 nitrogen and oxygen atoms in total. The molecule has 1 aliphatic heterocycles. The number of anilines is 2. The van der Waals surface area contributed by atoms with E-state index in [1.807, 2.05) is 13.0 Å². The minimum absolute atomic E-state index is 0.180. The van der Waals surface area contributed by atoms with Gasteiger partial charge >= 0.3 is 0 Å². The number of hydrogen-bond acceptors (Lipinski definition) is 6. The lowest BCUT2D eigenvalue weighted by Gasteiger charge is -2.19. The van der Waals surface area contributed by atoms with Crippen molar-refractivity contribution in [2.24, 2.45) is 0 Å². The molecular weight excluding hydrogens is 328 g/mol. The summed E-state index contributed by atoms with van der Waals surface area (Å²) in [6, 6.07) is 2.21. The second-order valence-corrected chi connectivity index (χ2v) is 6.76. The van der Waals surface area contributed by atoms with Gasteiger partial charge in [0, 0.05) is 30.5 Å². The maximum atomic E-state index is 11.6. The van der Waals surface area contributed by atoms with E-state index >= 15 is 0 Å². The molecule has 0 radical (unpaired) electrons. The predicted molar refractivity (Wildman–Crippen MR) is 95.0 cm³/mol. The highest BCUT2D eigenvalue weighted by Crippen LogP contribution is 2.25. The van der Waals surface area contributed by atoms with Crippen molar-refractivity contribution in [2.45, 2.75) is 39.2 Å². The van der Waals surface area contributed by atoms with Crippen LogP contribution in [0.3, 0.4) is 0 Å². The molecule has 1 unspecified atom stereocenters. The van der Waals surface area contributed by atoms with Gasteiger partial charge in [-0.05, 0) is 25.3 Å². The van der Waals surface area contributed by atoms with Crippen molar-refractivity contribution < 1.29 is 0 Å². The van der Waals surface area contributed by atoms with Gasteiger partial charge in [0.1, 0.15) is 5.02 Å². The summed E-state index contributed by atoms with van der Waals surface area (Å²) in [7, 11) is 0. The molecule has 2 aromatic heterocycles. The average molecular weight is 349 g/mol. The van der Waals surface area contributed by atoms with Crippen LogP contribution in [0.1, 0.15) is 37.6 Å². The van der Waals surface area contributed by atoms with E-state index in [0.717, 1.165) is 30.9 Å². The number of hydrogen-bond donors (Lipinski definition) is 2. The first kappa shape index (κ1) is 16.7. The molecule has 1 atom stereocenters. The van der Waals surface area contributed by atoms with Crippen molar-refractivity contribution >= 4 is 23.2 Å². The number of nitrogens with one attached hydrogen (secondary N) is 2. The molecule has 1 aliphatic rings. The van der Waals surface area contributed by atoms with Gasteiger partial charge in [0.15, 0.2) is 0 Å². The van der Waals surface area contributed by atoms with Crippen LogP contribution in [0.25, 0.3) is 0 Å². The summed E-state index contributed by atoms with van der Waals surface area (Å²) in [6.45, 7) is 7.72. The van der Waals surface area contributed by atoms with Crippen LogP contribution in [0.2, 0.25) is 5.02 Å². The lowest BCUT2D eigenvalue weighted by molar-refractivity contribution is 0.769. The number of nitrogens with zero attached hydrogens (tertiary/aromatic N) is 4. The Kier molecular flexibility index (Phi) is 4.71. The highest BCUT2D eigenvalue weighted by Gasteiger charge is 2.25. The summed E-state index contributed by atoms with van der Waals surface area (Å²) in [4.78, 5) is 22.7. The Balaban J connectivity index is 1.73. The van der Waals surface area contributed by atoms with Gasteiger partial charge in [-0.15, -0.1) is 0 Å². The molecule has 0 bridgehead atoms. The first-order chi connectivity index (χ1) is 11.4.